The minimum absolute atomic E-state index is 0.0512. The average molecular weight is 308 g/mol. The molecule has 0 bridgehead atoms. The van der Waals surface area contributed by atoms with Crippen molar-refractivity contribution in [3.63, 3.8) is 0 Å². The predicted molar refractivity (Wildman–Crippen MR) is 68.6 cm³/mol. The van der Waals surface area contributed by atoms with Crippen molar-refractivity contribution in [2.45, 2.75) is 19.3 Å². The van der Waals surface area contributed by atoms with E-state index < -0.39 is 18.2 Å². The first-order valence-corrected chi connectivity index (χ1v) is 6.11. The predicted octanol–water partition coefficient (Wildman–Crippen LogP) is 4.07. The fourth-order valence-electron chi connectivity index (χ4n) is 1.65. The standard InChI is InChI=1S/C12H10ClF4N3/c1-2-18-9-7-5-6(13)3-4-8(7)19-11(20-9)12(16,17)10(14)15/h3-5,10H,2H2,1H3,(H,18,19,20). The van der Waals surface area contributed by atoms with E-state index in [2.05, 4.69) is 15.3 Å². The molecule has 2 aromatic rings. The Bertz CT molecular complexity index is 633. The molecule has 20 heavy (non-hydrogen) atoms. The quantitative estimate of drug-likeness (QED) is 0.865. The first-order valence-electron chi connectivity index (χ1n) is 5.74. The molecule has 0 spiro atoms. The number of benzene rings is 1. The van der Waals surface area contributed by atoms with Gasteiger partial charge >= 0.3 is 12.3 Å². The van der Waals surface area contributed by atoms with Crippen LogP contribution in [0.1, 0.15) is 12.7 Å². The van der Waals surface area contributed by atoms with Gasteiger partial charge in [-0.3, -0.25) is 0 Å². The number of hydrogen-bond acceptors (Lipinski definition) is 3. The monoisotopic (exact) mass is 307 g/mol. The van der Waals surface area contributed by atoms with E-state index in [1.165, 1.54) is 18.2 Å². The third-order valence-electron chi connectivity index (χ3n) is 2.57. The molecule has 1 heterocycles. The van der Waals surface area contributed by atoms with Crippen molar-refractivity contribution in [2.24, 2.45) is 0 Å². The Morgan fingerprint density at radius 3 is 2.60 bits per heavy atom. The summed E-state index contributed by atoms with van der Waals surface area (Å²) in [6.45, 7) is 2.11. The van der Waals surface area contributed by atoms with Crippen molar-refractivity contribution in [3.05, 3.63) is 29.0 Å². The third kappa shape index (κ3) is 2.63. The third-order valence-corrected chi connectivity index (χ3v) is 2.81. The Morgan fingerprint density at radius 1 is 1.30 bits per heavy atom. The molecule has 0 fully saturated rings. The summed E-state index contributed by atoms with van der Waals surface area (Å²) in [4.78, 5) is 7.03. The van der Waals surface area contributed by atoms with Crippen LogP contribution in [-0.4, -0.2) is 22.9 Å². The number of alkyl halides is 4. The SMILES string of the molecule is CCNc1nc(C(F)(F)C(F)F)nc2ccc(Cl)cc12. The summed E-state index contributed by atoms with van der Waals surface area (Å²) in [6, 6.07) is 4.31. The van der Waals surface area contributed by atoms with Crippen molar-refractivity contribution in [3.8, 4) is 0 Å². The van der Waals surface area contributed by atoms with Crippen molar-refractivity contribution < 1.29 is 17.6 Å². The van der Waals surface area contributed by atoms with Gasteiger partial charge in [0.15, 0.2) is 0 Å². The van der Waals surface area contributed by atoms with Crippen molar-refractivity contribution in [1.29, 1.82) is 0 Å². The molecule has 1 N–H and O–H groups in total. The summed E-state index contributed by atoms with van der Waals surface area (Å²) in [5, 5.41) is 3.51. The molecule has 0 amide bonds. The summed E-state index contributed by atoms with van der Waals surface area (Å²) in [5.74, 6) is -5.56. The molecule has 2 rings (SSSR count). The molecule has 0 aliphatic heterocycles. The summed E-state index contributed by atoms with van der Waals surface area (Å²) in [5.41, 5.74) is 0.121. The van der Waals surface area contributed by atoms with Crippen LogP contribution in [0.15, 0.2) is 18.2 Å². The highest BCUT2D eigenvalue weighted by Crippen LogP contribution is 2.34. The van der Waals surface area contributed by atoms with Gasteiger partial charge in [-0.1, -0.05) is 11.6 Å². The zero-order valence-electron chi connectivity index (χ0n) is 10.3. The lowest BCUT2D eigenvalue weighted by Gasteiger charge is -2.16. The van der Waals surface area contributed by atoms with E-state index in [-0.39, 0.29) is 11.3 Å². The average Bonchev–Trinajstić information content (AvgIpc) is 2.39. The fraction of sp³-hybridized carbons (Fsp3) is 0.333. The Hall–Kier alpha value is -1.63. The van der Waals surface area contributed by atoms with Gasteiger partial charge in [-0.15, -0.1) is 0 Å². The van der Waals surface area contributed by atoms with Crippen molar-refractivity contribution >= 4 is 28.3 Å². The van der Waals surface area contributed by atoms with Crippen LogP contribution in [0.4, 0.5) is 23.4 Å². The summed E-state index contributed by atoms with van der Waals surface area (Å²) >= 11 is 5.82. The summed E-state index contributed by atoms with van der Waals surface area (Å²) in [7, 11) is 0. The van der Waals surface area contributed by atoms with Gasteiger partial charge in [0.05, 0.1) is 5.52 Å². The summed E-state index contributed by atoms with van der Waals surface area (Å²) < 4.78 is 51.6. The van der Waals surface area contributed by atoms with Crippen LogP contribution in [0.5, 0.6) is 0 Å². The molecule has 0 saturated heterocycles. The largest absolute Gasteiger partial charge is 0.370 e. The van der Waals surface area contributed by atoms with Gasteiger partial charge < -0.3 is 5.32 Å². The van der Waals surface area contributed by atoms with Crippen LogP contribution in [0.2, 0.25) is 5.02 Å². The van der Waals surface area contributed by atoms with Gasteiger partial charge in [0, 0.05) is 17.0 Å². The van der Waals surface area contributed by atoms with Gasteiger partial charge in [0.25, 0.3) is 0 Å². The molecule has 0 aliphatic carbocycles. The second-order valence-electron chi connectivity index (χ2n) is 4.01. The lowest BCUT2D eigenvalue weighted by molar-refractivity contribution is -0.140. The van der Waals surface area contributed by atoms with E-state index in [4.69, 9.17) is 11.6 Å². The maximum Gasteiger partial charge on any atom is 0.365 e. The lowest BCUT2D eigenvalue weighted by Crippen LogP contribution is -2.27. The van der Waals surface area contributed by atoms with Crippen LogP contribution in [0, 0.1) is 0 Å². The lowest BCUT2D eigenvalue weighted by atomic mass is 10.2. The first kappa shape index (κ1) is 14.8. The fourth-order valence-corrected chi connectivity index (χ4v) is 1.82. The van der Waals surface area contributed by atoms with Crippen LogP contribution in [-0.2, 0) is 5.92 Å². The van der Waals surface area contributed by atoms with Crippen LogP contribution in [0.25, 0.3) is 10.9 Å². The molecule has 0 saturated carbocycles. The number of hydrogen-bond donors (Lipinski definition) is 1. The van der Waals surface area contributed by atoms with Crippen LogP contribution in [0.3, 0.4) is 0 Å². The Kier molecular flexibility index (Phi) is 3.99. The smallest absolute Gasteiger partial charge is 0.365 e. The number of fused-ring (bicyclic) bond motifs is 1. The van der Waals surface area contributed by atoms with Gasteiger partial charge in [0.2, 0.25) is 5.82 Å². The van der Waals surface area contributed by atoms with Crippen LogP contribution < -0.4 is 5.32 Å². The number of aromatic nitrogens is 2. The molecule has 0 aliphatic rings. The van der Waals surface area contributed by atoms with E-state index >= 15 is 0 Å². The Balaban J connectivity index is 2.68. The number of halogens is 5. The van der Waals surface area contributed by atoms with E-state index in [0.29, 0.717) is 17.0 Å². The minimum atomic E-state index is -4.40. The molecule has 0 unspecified atom stereocenters. The van der Waals surface area contributed by atoms with E-state index in [1.807, 2.05) is 0 Å². The number of anilines is 1. The van der Waals surface area contributed by atoms with E-state index in [0.717, 1.165) is 0 Å². The van der Waals surface area contributed by atoms with Gasteiger partial charge in [0.1, 0.15) is 5.82 Å². The normalized spacial score (nSPS) is 12.2. The molecule has 0 atom stereocenters. The number of nitrogens with zero attached hydrogens (tertiary/aromatic N) is 2. The van der Waals surface area contributed by atoms with E-state index in [1.54, 1.807) is 6.92 Å². The zero-order valence-corrected chi connectivity index (χ0v) is 11.1. The zero-order chi connectivity index (χ0) is 14.9. The molecule has 1 aromatic carbocycles. The van der Waals surface area contributed by atoms with Gasteiger partial charge in [-0.05, 0) is 25.1 Å². The van der Waals surface area contributed by atoms with Gasteiger partial charge in [-0.25, -0.2) is 18.7 Å². The van der Waals surface area contributed by atoms with E-state index in [9.17, 15) is 17.6 Å². The summed E-state index contributed by atoms with van der Waals surface area (Å²) in [6.07, 6.45) is -3.87. The molecule has 1 aromatic heterocycles. The molecular weight excluding hydrogens is 298 g/mol. The molecule has 8 heteroatoms. The molecule has 108 valence electrons. The molecule has 3 nitrogen and oxygen atoms in total. The van der Waals surface area contributed by atoms with Crippen molar-refractivity contribution in [2.75, 3.05) is 11.9 Å². The second kappa shape index (κ2) is 5.40. The maximum atomic E-state index is 13.4. The number of rotatable bonds is 4. The van der Waals surface area contributed by atoms with Crippen molar-refractivity contribution in [1.82, 2.24) is 9.97 Å². The topological polar surface area (TPSA) is 37.8 Å². The van der Waals surface area contributed by atoms with Crippen LogP contribution >= 0.6 is 11.6 Å². The molecular formula is C12H10ClF4N3. The highest BCUT2D eigenvalue weighted by atomic mass is 35.5. The van der Waals surface area contributed by atoms with Gasteiger partial charge in [-0.2, -0.15) is 8.78 Å². The maximum absolute atomic E-state index is 13.4. The molecule has 0 radical (unpaired) electrons. The Labute approximate surface area is 117 Å². The Morgan fingerprint density at radius 2 is 2.00 bits per heavy atom. The number of nitrogens with one attached hydrogen (secondary N) is 1. The first-order chi connectivity index (χ1) is 9.36. The second-order valence-corrected chi connectivity index (χ2v) is 4.45. The highest BCUT2D eigenvalue weighted by Gasteiger charge is 2.46. The highest BCUT2D eigenvalue weighted by molar-refractivity contribution is 6.31. The minimum Gasteiger partial charge on any atom is -0.370 e.